The minimum atomic E-state index is -5.71. The average molecular weight is 251 g/mol. The van der Waals surface area contributed by atoms with Gasteiger partial charge in [-0.3, -0.25) is 4.79 Å². The maximum absolute atomic E-state index is 11.8. The fourth-order valence-corrected chi connectivity index (χ4v) is 1.34. The van der Waals surface area contributed by atoms with E-state index in [0.29, 0.717) is 0 Å². The quantitative estimate of drug-likeness (QED) is 0.597. The monoisotopic (exact) mass is 251 g/mol. The van der Waals surface area contributed by atoms with Crippen LogP contribution in [0, 0.1) is 0 Å². The summed E-state index contributed by atoms with van der Waals surface area (Å²) < 4.78 is 57.2. The third kappa shape index (κ3) is 4.01. The number of carbonyl (C=O) groups is 1. The van der Waals surface area contributed by atoms with Crippen LogP contribution in [0.2, 0.25) is 0 Å². The molecule has 1 atom stereocenters. The number of hydrogen-bond acceptors (Lipinski definition) is 4. The Labute approximate surface area is 82.8 Å². The van der Waals surface area contributed by atoms with E-state index in [2.05, 4.69) is 0 Å². The number of aliphatic hydroxyl groups excluding tert-OH is 1. The van der Waals surface area contributed by atoms with Gasteiger partial charge in [0.1, 0.15) is 6.04 Å². The van der Waals surface area contributed by atoms with Crippen molar-refractivity contribution in [2.75, 3.05) is 6.61 Å². The number of rotatable bonds is 5. The minimum absolute atomic E-state index is 0.648. The number of alkyl halides is 3. The Kier molecular flexibility index (Phi) is 4.49. The molecule has 0 aliphatic carbocycles. The molecule has 0 aromatic carbocycles. The van der Waals surface area contributed by atoms with E-state index in [-0.39, 0.29) is 0 Å². The molecule has 0 aliphatic heterocycles. The van der Waals surface area contributed by atoms with Crippen LogP contribution < -0.4 is 4.72 Å². The predicted molar refractivity (Wildman–Crippen MR) is 41.2 cm³/mol. The van der Waals surface area contributed by atoms with Gasteiger partial charge in [-0.15, -0.1) is 0 Å². The number of hydrogen-bond donors (Lipinski definition) is 3. The maximum Gasteiger partial charge on any atom is 0.511 e. The normalized spacial score (nSPS) is 14.9. The molecule has 15 heavy (non-hydrogen) atoms. The van der Waals surface area contributed by atoms with Crippen molar-refractivity contribution in [2.24, 2.45) is 0 Å². The number of halogens is 3. The van der Waals surface area contributed by atoms with Gasteiger partial charge in [0.2, 0.25) is 0 Å². The summed E-state index contributed by atoms with van der Waals surface area (Å²) in [5, 5.41) is 16.6. The van der Waals surface area contributed by atoms with Crippen LogP contribution in [0.15, 0.2) is 0 Å². The van der Waals surface area contributed by atoms with Gasteiger partial charge < -0.3 is 10.2 Å². The van der Waals surface area contributed by atoms with Crippen molar-refractivity contribution < 1.29 is 36.6 Å². The summed E-state index contributed by atoms with van der Waals surface area (Å²) >= 11 is 0. The molecule has 1 unspecified atom stereocenters. The standard InChI is InChI=1S/C5H8F3NO5S/c6-5(7,8)15(13,14)9-3(1-2-10)4(11)12/h3,9-10H,1-2H2,(H,11,12). The number of carboxylic acids is 1. The van der Waals surface area contributed by atoms with Gasteiger partial charge in [0, 0.05) is 6.61 Å². The Balaban J connectivity index is 4.76. The summed E-state index contributed by atoms with van der Waals surface area (Å²) in [5.41, 5.74) is -5.57. The molecule has 0 bridgehead atoms. The molecule has 0 aliphatic rings. The van der Waals surface area contributed by atoms with Gasteiger partial charge in [-0.05, 0) is 6.42 Å². The van der Waals surface area contributed by atoms with Crippen molar-refractivity contribution in [3.8, 4) is 0 Å². The number of aliphatic hydroxyl groups is 1. The lowest BCUT2D eigenvalue weighted by Gasteiger charge is -2.14. The molecule has 0 spiro atoms. The first-order valence-electron chi connectivity index (χ1n) is 3.54. The molecule has 0 fully saturated rings. The average Bonchev–Trinajstić information content (AvgIpc) is 2.00. The van der Waals surface area contributed by atoms with E-state index in [1.165, 1.54) is 0 Å². The van der Waals surface area contributed by atoms with Crippen LogP contribution >= 0.6 is 0 Å². The van der Waals surface area contributed by atoms with Gasteiger partial charge in [-0.2, -0.15) is 17.9 Å². The molecule has 0 amide bonds. The molecular formula is C5H8F3NO5S. The Morgan fingerprint density at radius 2 is 1.87 bits per heavy atom. The summed E-state index contributed by atoms with van der Waals surface area (Å²) in [6, 6.07) is -2.00. The Bertz CT molecular complexity index is 324. The molecule has 3 N–H and O–H groups in total. The lowest BCUT2D eigenvalue weighted by molar-refractivity contribution is -0.139. The number of nitrogens with one attached hydrogen (secondary N) is 1. The zero-order chi connectivity index (χ0) is 12.3. The van der Waals surface area contributed by atoms with Gasteiger partial charge >= 0.3 is 21.5 Å². The second-order valence-corrected chi connectivity index (χ2v) is 4.18. The Morgan fingerprint density at radius 3 is 2.13 bits per heavy atom. The predicted octanol–water partition coefficient (Wildman–Crippen LogP) is -0.739. The minimum Gasteiger partial charge on any atom is -0.480 e. The van der Waals surface area contributed by atoms with Crippen molar-refractivity contribution in [1.29, 1.82) is 0 Å². The summed E-state index contributed by atoms with van der Waals surface area (Å²) in [4.78, 5) is 10.3. The number of carboxylic acid groups (broad SMARTS) is 1. The third-order valence-corrected chi connectivity index (χ3v) is 2.52. The fraction of sp³-hybridized carbons (Fsp3) is 0.800. The van der Waals surface area contributed by atoms with E-state index in [4.69, 9.17) is 10.2 Å². The largest absolute Gasteiger partial charge is 0.511 e. The first-order chi connectivity index (χ1) is 6.62. The highest BCUT2D eigenvalue weighted by Crippen LogP contribution is 2.22. The zero-order valence-corrected chi connectivity index (χ0v) is 7.97. The molecule has 10 heteroatoms. The van der Waals surface area contributed by atoms with Crippen LogP contribution in [0.5, 0.6) is 0 Å². The molecule has 0 rings (SSSR count). The molecule has 0 radical (unpaired) electrons. The van der Waals surface area contributed by atoms with Crippen LogP contribution in [0.4, 0.5) is 13.2 Å². The molecule has 6 nitrogen and oxygen atoms in total. The molecule has 0 aromatic heterocycles. The van der Waals surface area contributed by atoms with Gasteiger partial charge in [-0.25, -0.2) is 8.42 Å². The molecule has 0 aromatic rings. The summed E-state index contributed by atoms with van der Waals surface area (Å²) in [6.45, 7) is -0.753. The highest BCUT2D eigenvalue weighted by atomic mass is 32.2. The molecule has 0 saturated heterocycles. The van der Waals surface area contributed by atoms with Crippen LogP contribution in [0.25, 0.3) is 0 Å². The SMILES string of the molecule is O=C(O)C(CCO)NS(=O)(=O)C(F)(F)F. The lowest BCUT2D eigenvalue weighted by Crippen LogP contribution is -2.46. The summed E-state index contributed by atoms with van der Waals surface area (Å²) in [6.07, 6.45) is -0.648. The van der Waals surface area contributed by atoms with E-state index in [1.807, 2.05) is 0 Å². The summed E-state index contributed by atoms with van der Waals surface area (Å²) in [5.74, 6) is -1.79. The highest BCUT2D eigenvalue weighted by molar-refractivity contribution is 7.90. The van der Waals surface area contributed by atoms with Crippen molar-refractivity contribution in [2.45, 2.75) is 18.0 Å². The van der Waals surface area contributed by atoms with E-state index in [9.17, 15) is 26.4 Å². The van der Waals surface area contributed by atoms with E-state index >= 15 is 0 Å². The lowest BCUT2D eigenvalue weighted by atomic mass is 10.2. The fourth-order valence-electron chi connectivity index (χ4n) is 0.616. The second kappa shape index (κ2) is 4.77. The van der Waals surface area contributed by atoms with Gasteiger partial charge in [-0.1, -0.05) is 0 Å². The van der Waals surface area contributed by atoms with E-state index in [0.717, 1.165) is 4.72 Å². The van der Waals surface area contributed by atoms with Crippen LogP contribution in [-0.4, -0.2) is 42.8 Å². The van der Waals surface area contributed by atoms with E-state index < -0.39 is 40.6 Å². The first kappa shape index (κ1) is 14.1. The smallest absolute Gasteiger partial charge is 0.480 e. The Morgan fingerprint density at radius 1 is 1.40 bits per heavy atom. The first-order valence-corrected chi connectivity index (χ1v) is 5.02. The molecule has 0 saturated carbocycles. The van der Waals surface area contributed by atoms with Gasteiger partial charge in [0.15, 0.2) is 0 Å². The third-order valence-electron chi connectivity index (χ3n) is 1.32. The zero-order valence-electron chi connectivity index (χ0n) is 7.15. The number of sulfonamides is 1. The highest BCUT2D eigenvalue weighted by Gasteiger charge is 2.47. The van der Waals surface area contributed by atoms with Crippen molar-refractivity contribution in [1.82, 2.24) is 4.72 Å². The molecular weight excluding hydrogens is 243 g/mol. The van der Waals surface area contributed by atoms with Crippen molar-refractivity contribution in [3.63, 3.8) is 0 Å². The maximum atomic E-state index is 11.8. The van der Waals surface area contributed by atoms with Crippen LogP contribution in [-0.2, 0) is 14.8 Å². The Hall–Kier alpha value is -0.870. The van der Waals surface area contributed by atoms with Gasteiger partial charge in [0.25, 0.3) is 0 Å². The molecule has 90 valence electrons. The van der Waals surface area contributed by atoms with Crippen molar-refractivity contribution in [3.05, 3.63) is 0 Å². The molecule has 0 heterocycles. The second-order valence-electron chi connectivity index (χ2n) is 2.47. The van der Waals surface area contributed by atoms with E-state index in [1.54, 1.807) is 0 Å². The van der Waals surface area contributed by atoms with Crippen LogP contribution in [0.1, 0.15) is 6.42 Å². The van der Waals surface area contributed by atoms with Gasteiger partial charge in [0.05, 0.1) is 0 Å². The number of aliphatic carboxylic acids is 1. The topological polar surface area (TPSA) is 104 Å². The van der Waals surface area contributed by atoms with Crippen molar-refractivity contribution >= 4 is 16.0 Å². The summed E-state index contributed by atoms with van der Waals surface area (Å²) in [7, 11) is -5.71. The van der Waals surface area contributed by atoms with Crippen LogP contribution in [0.3, 0.4) is 0 Å².